The minimum absolute atomic E-state index is 1.19. The van der Waals surface area contributed by atoms with Gasteiger partial charge < -0.3 is 9.13 Å². The van der Waals surface area contributed by atoms with Crippen molar-refractivity contribution in [2.45, 2.75) is 0 Å². The van der Waals surface area contributed by atoms with Gasteiger partial charge in [-0.15, -0.1) is 0 Å². The first kappa shape index (κ1) is 25.2. The van der Waals surface area contributed by atoms with Crippen molar-refractivity contribution in [2.24, 2.45) is 0 Å². The Morgan fingerprint density at radius 1 is 0.261 bits per heavy atom. The number of aromatic nitrogens is 2. The van der Waals surface area contributed by atoms with E-state index in [1.165, 1.54) is 87.7 Å². The maximum Gasteiger partial charge on any atom is 0.0620 e. The minimum atomic E-state index is 1.19. The van der Waals surface area contributed by atoms with Crippen LogP contribution in [0.5, 0.6) is 0 Å². The van der Waals surface area contributed by atoms with Gasteiger partial charge in [-0.05, 0) is 35.0 Å². The Morgan fingerprint density at radius 3 is 1.09 bits per heavy atom. The number of benzene rings is 8. The Hall–Kier alpha value is -6.12. The van der Waals surface area contributed by atoms with E-state index in [0.29, 0.717) is 0 Å². The van der Waals surface area contributed by atoms with Crippen LogP contribution in [-0.2, 0) is 0 Å². The lowest BCUT2D eigenvalue weighted by Crippen LogP contribution is -1.99. The predicted molar refractivity (Wildman–Crippen MR) is 196 cm³/mol. The molecule has 0 spiro atoms. The molecule has 2 heteroatoms. The first-order chi connectivity index (χ1) is 22.9. The van der Waals surface area contributed by atoms with Crippen molar-refractivity contribution in [1.82, 2.24) is 9.13 Å². The summed E-state index contributed by atoms with van der Waals surface area (Å²) in [5.41, 5.74) is 9.70. The number of hydrogen-bond donors (Lipinski definition) is 0. The summed E-state index contributed by atoms with van der Waals surface area (Å²) in [6.45, 7) is 0. The van der Waals surface area contributed by atoms with E-state index >= 15 is 0 Å². The SMILES string of the molecule is c1ccc2c(-n3c4ccccc4c4cccc(-c5cccc6c7ccccc7n(-c7cccc8ccccc78)c56)c43)cccc2c1. The predicted octanol–water partition coefficient (Wildman–Crippen LogP) is 11.9. The van der Waals surface area contributed by atoms with Gasteiger partial charge in [0.2, 0.25) is 0 Å². The van der Waals surface area contributed by atoms with Gasteiger partial charge in [0, 0.05) is 43.4 Å². The van der Waals surface area contributed by atoms with Gasteiger partial charge in [-0.3, -0.25) is 0 Å². The largest absolute Gasteiger partial charge is 0.308 e. The molecule has 10 aromatic rings. The van der Waals surface area contributed by atoms with Crippen molar-refractivity contribution < 1.29 is 0 Å². The van der Waals surface area contributed by atoms with Crippen molar-refractivity contribution in [3.63, 3.8) is 0 Å². The highest BCUT2D eigenvalue weighted by atomic mass is 15.0. The van der Waals surface area contributed by atoms with Gasteiger partial charge in [0.05, 0.1) is 33.4 Å². The van der Waals surface area contributed by atoms with Crippen LogP contribution < -0.4 is 0 Å². The third kappa shape index (κ3) is 3.47. The van der Waals surface area contributed by atoms with E-state index in [-0.39, 0.29) is 0 Å². The highest BCUT2D eigenvalue weighted by Crippen LogP contribution is 2.44. The zero-order chi connectivity index (χ0) is 30.2. The summed E-state index contributed by atoms with van der Waals surface area (Å²) in [5.74, 6) is 0. The average Bonchev–Trinajstić information content (AvgIpc) is 3.64. The fourth-order valence-electron chi connectivity index (χ4n) is 7.78. The van der Waals surface area contributed by atoms with Crippen LogP contribution in [-0.4, -0.2) is 9.13 Å². The first-order valence-electron chi connectivity index (χ1n) is 15.9. The van der Waals surface area contributed by atoms with Gasteiger partial charge in [-0.25, -0.2) is 0 Å². The summed E-state index contributed by atoms with van der Waals surface area (Å²) in [6, 6.07) is 62.0. The monoisotopic (exact) mass is 584 g/mol. The van der Waals surface area contributed by atoms with Gasteiger partial charge in [-0.2, -0.15) is 0 Å². The van der Waals surface area contributed by atoms with E-state index in [1.807, 2.05) is 0 Å². The molecule has 0 fully saturated rings. The molecule has 0 amide bonds. The summed E-state index contributed by atoms with van der Waals surface area (Å²) in [5, 5.41) is 9.99. The Labute approximate surface area is 266 Å². The lowest BCUT2D eigenvalue weighted by atomic mass is 9.98. The normalized spacial score (nSPS) is 11.9. The van der Waals surface area contributed by atoms with Crippen LogP contribution in [0.3, 0.4) is 0 Å². The molecule has 8 aromatic carbocycles. The van der Waals surface area contributed by atoms with Crippen molar-refractivity contribution in [3.8, 4) is 22.5 Å². The molecule has 0 radical (unpaired) electrons. The highest BCUT2D eigenvalue weighted by Gasteiger charge is 2.22. The van der Waals surface area contributed by atoms with Crippen molar-refractivity contribution in [2.75, 3.05) is 0 Å². The summed E-state index contributed by atoms with van der Waals surface area (Å²) in [4.78, 5) is 0. The van der Waals surface area contributed by atoms with Crippen LogP contribution in [0.4, 0.5) is 0 Å². The van der Waals surface area contributed by atoms with Crippen LogP contribution >= 0.6 is 0 Å². The zero-order valence-electron chi connectivity index (χ0n) is 25.1. The van der Waals surface area contributed by atoms with E-state index in [0.717, 1.165) is 0 Å². The van der Waals surface area contributed by atoms with Crippen molar-refractivity contribution >= 4 is 65.2 Å². The van der Waals surface area contributed by atoms with Crippen LogP contribution in [0.25, 0.3) is 87.7 Å². The second-order valence-corrected chi connectivity index (χ2v) is 12.1. The summed E-state index contributed by atoms with van der Waals surface area (Å²) in [6.07, 6.45) is 0. The summed E-state index contributed by atoms with van der Waals surface area (Å²) in [7, 11) is 0. The molecule has 0 saturated carbocycles. The fourth-order valence-corrected chi connectivity index (χ4v) is 7.78. The smallest absolute Gasteiger partial charge is 0.0620 e. The number of hydrogen-bond acceptors (Lipinski definition) is 0. The average molecular weight is 585 g/mol. The fraction of sp³-hybridized carbons (Fsp3) is 0. The molecule has 2 aromatic heterocycles. The zero-order valence-corrected chi connectivity index (χ0v) is 25.1. The standard InChI is InChI=1S/C44H28N2/c1-3-17-31-29(13-1)15-9-27-39(31)45-41-25-7-5-19-33(41)35-21-11-23-37(43(35)45)38-24-12-22-36-34-20-6-8-26-42(34)46(44(36)38)40-28-10-16-30-14-2-4-18-32(30)40/h1-28H. The lowest BCUT2D eigenvalue weighted by Gasteiger charge is -2.17. The molecule has 0 aliphatic rings. The number of rotatable bonds is 3. The summed E-state index contributed by atoms with van der Waals surface area (Å²) < 4.78 is 4.98. The van der Waals surface area contributed by atoms with E-state index in [4.69, 9.17) is 0 Å². The van der Waals surface area contributed by atoms with Gasteiger partial charge in [0.15, 0.2) is 0 Å². The van der Waals surface area contributed by atoms with Crippen LogP contribution in [0, 0.1) is 0 Å². The molecule has 0 atom stereocenters. The van der Waals surface area contributed by atoms with Crippen LogP contribution in [0.2, 0.25) is 0 Å². The maximum atomic E-state index is 2.49. The third-order valence-corrected chi connectivity index (χ3v) is 9.69. The molecular weight excluding hydrogens is 556 g/mol. The Kier molecular flexibility index (Phi) is 5.31. The number of fused-ring (bicyclic) bond motifs is 8. The van der Waals surface area contributed by atoms with Crippen molar-refractivity contribution in [3.05, 3.63) is 170 Å². The van der Waals surface area contributed by atoms with Crippen molar-refractivity contribution in [1.29, 1.82) is 0 Å². The van der Waals surface area contributed by atoms with Gasteiger partial charge in [-0.1, -0.05) is 146 Å². The molecule has 0 N–H and O–H groups in total. The first-order valence-corrected chi connectivity index (χ1v) is 15.9. The highest BCUT2D eigenvalue weighted by molar-refractivity contribution is 6.20. The molecule has 10 rings (SSSR count). The van der Waals surface area contributed by atoms with E-state index in [1.54, 1.807) is 0 Å². The maximum absolute atomic E-state index is 2.49. The molecule has 214 valence electrons. The van der Waals surface area contributed by atoms with Crippen LogP contribution in [0.1, 0.15) is 0 Å². The molecule has 0 aliphatic carbocycles. The molecule has 46 heavy (non-hydrogen) atoms. The van der Waals surface area contributed by atoms with Gasteiger partial charge in [0.1, 0.15) is 0 Å². The topological polar surface area (TPSA) is 9.86 Å². The summed E-state index contributed by atoms with van der Waals surface area (Å²) >= 11 is 0. The Bertz CT molecular complexity index is 2610. The third-order valence-electron chi connectivity index (χ3n) is 9.69. The molecule has 2 heterocycles. The molecular formula is C44H28N2. The quantitative estimate of drug-likeness (QED) is 0.195. The number of nitrogens with zero attached hydrogens (tertiary/aromatic N) is 2. The molecule has 0 saturated heterocycles. The Balaban J connectivity index is 1.40. The number of para-hydroxylation sites is 4. The Morgan fingerprint density at radius 2 is 0.609 bits per heavy atom. The molecule has 0 aliphatic heterocycles. The van der Waals surface area contributed by atoms with Gasteiger partial charge >= 0.3 is 0 Å². The minimum Gasteiger partial charge on any atom is -0.308 e. The second kappa shape index (κ2) is 9.69. The van der Waals surface area contributed by atoms with E-state index < -0.39 is 0 Å². The second-order valence-electron chi connectivity index (χ2n) is 12.1. The van der Waals surface area contributed by atoms with E-state index in [2.05, 4.69) is 179 Å². The van der Waals surface area contributed by atoms with E-state index in [9.17, 15) is 0 Å². The molecule has 0 unspecified atom stereocenters. The van der Waals surface area contributed by atoms with Gasteiger partial charge in [0.25, 0.3) is 0 Å². The van der Waals surface area contributed by atoms with Crippen LogP contribution in [0.15, 0.2) is 170 Å². The lowest BCUT2D eigenvalue weighted by molar-refractivity contribution is 1.19. The molecule has 0 bridgehead atoms. The molecule has 2 nitrogen and oxygen atoms in total.